The predicted octanol–water partition coefficient (Wildman–Crippen LogP) is 2.72. The van der Waals surface area contributed by atoms with Gasteiger partial charge in [0.25, 0.3) is 5.69 Å². The van der Waals surface area contributed by atoms with Crippen molar-refractivity contribution in [3.8, 4) is 5.75 Å². The van der Waals surface area contributed by atoms with E-state index in [-0.39, 0.29) is 18.1 Å². The van der Waals surface area contributed by atoms with Crippen molar-refractivity contribution in [1.82, 2.24) is 0 Å². The SMILES string of the molecule is CCC(=O)COc1cc(Br)cc([N+](=O)[O-])c1. The molecular formula is C10H10BrNO4. The topological polar surface area (TPSA) is 69.4 Å². The summed E-state index contributed by atoms with van der Waals surface area (Å²) in [4.78, 5) is 21.1. The van der Waals surface area contributed by atoms with Gasteiger partial charge in [-0.25, -0.2) is 0 Å². The lowest BCUT2D eigenvalue weighted by Gasteiger charge is -2.04. The van der Waals surface area contributed by atoms with Crippen molar-refractivity contribution < 1.29 is 14.5 Å². The molecule has 0 amide bonds. The number of rotatable bonds is 5. The molecule has 16 heavy (non-hydrogen) atoms. The Balaban J connectivity index is 2.80. The smallest absolute Gasteiger partial charge is 0.274 e. The lowest BCUT2D eigenvalue weighted by molar-refractivity contribution is -0.385. The highest BCUT2D eigenvalue weighted by Crippen LogP contribution is 2.26. The monoisotopic (exact) mass is 287 g/mol. The lowest BCUT2D eigenvalue weighted by atomic mass is 10.3. The van der Waals surface area contributed by atoms with E-state index in [4.69, 9.17) is 4.74 Å². The summed E-state index contributed by atoms with van der Waals surface area (Å²) in [6, 6.07) is 4.23. The van der Waals surface area contributed by atoms with Crippen LogP contribution < -0.4 is 4.74 Å². The molecule has 0 aliphatic carbocycles. The fourth-order valence-corrected chi connectivity index (χ4v) is 1.46. The van der Waals surface area contributed by atoms with Gasteiger partial charge in [0.2, 0.25) is 0 Å². The van der Waals surface area contributed by atoms with Crippen molar-refractivity contribution in [2.75, 3.05) is 6.61 Å². The first-order valence-corrected chi connectivity index (χ1v) is 5.41. The van der Waals surface area contributed by atoms with Gasteiger partial charge >= 0.3 is 0 Å². The quantitative estimate of drug-likeness (QED) is 0.617. The Morgan fingerprint density at radius 2 is 2.19 bits per heavy atom. The molecular weight excluding hydrogens is 278 g/mol. The van der Waals surface area contributed by atoms with Gasteiger partial charge in [0, 0.05) is 17.0 Å². The second-order valence-corrected chi connectivity index (χ2v) is 4.00. The van der Waals surface area contributed by atoms with Crippen molar-refractivity contribution in [3.05, 3.63) is 32.8 Å². The van der Waals surface area contributed by atoms with Gasteiger partial charge in [-0.1, -0.05) is 22.9 Å². The zero-order chi connectivity index (χ0) is 12.1. The molecule has 0 spiro atoms. The summed E-state index contributed by atoms with van der Waals surface area (Å²) in [5.41, 5.74) is -0.0756. The molecule has 0 aromatic heterocycles. The highest BCUT2D eigenvalue weighted by molar-refractivity contribution is 9.10. The standard InChI is InChI=1S/C10H10BrNO4/c1-2-9(13)6-16-10-4-7(11)3-8(5-10)12(14)15/h3-5H,2,6H2,1H3. The molecule has 6 heteroatoms. The highest BCUT2D eigenvalue weighted by Gasteiger charge is 2.10. The fourth-order valence-electron chi connectivity index (χ4n) is 1.00. The molecule has 0 saturated carbocycles. The average molecular weight is 288 g/mol. The van der Waals surface area contributed by atoms with E-state index in [2.05, 4.69) is 15.9 Å². The number of nitro groups is 1. The van der Waals surface area contributed by atoms with Gasteiger partial charge in [-0.2, -0.15) is 0 Å². The Bertz CT molecular complexity index is 419. The average Bonchev–Trinajstić information content (AvgIpc) is 2.25. The number of ketones is 1. The molecule has 0 unspecified atom stereocenters. The molecule has 0 bridgehead atoms. The number of hydrogen-bond donors (Lipinski definition) is 0. The van der Waals surface area contributed by atoms with E-state index < -0.39 is 4.92 Å². The second-order valence-electron chi connectivity index (χ2n) is 3.08. The maximum Gasteiger partial charge on any atom is 0.274 e. The normalized spacial score (nSPS) is 9.88. The number of carbonyl (C=O) groups is 1. The van der Waals surface area contributed by atoms with Gasteiger partial charge in [0.1, 0.15) is 12.4 Å². The summed E-state index contributed by atoms with van der Waals surface area (Å²) in [6.07, 6.45) is 0.385. The number of halogens is 1. The van der Waals surface area contributed by atoms with Crippen LogP contribution in [0, 0.1) is 10.1 Å². The van der Waals surface area contributed by atoms with Crippen molar-refractivity contribution in [1.29, 1.82) is 0 Å². The van der Waals surface area contributed by atoms with Crippen molar-refractivity contribution in [3.63, 3.8) is 0 Å². The molecule has 0 N–H and O–H groups in total. The Morgan fingerprint density at radius 3 is 2.75 bits per heavy atom. The van der Waals surface area contributed by atoms with Crippen LogP contribution in [0.15, 0.2) is 22.7 Å². The van der Waals surface area contributed by atoms with Crippen LogP contribution in [0.4, 0.5) is 5.69 Å². The molecule has 1 aromatic rings. The largest absolute Gasteiger partial charge is 0.486 e. The third-order valence-corrected chi connectivity index (χ3v) is 2.32. The third-order valence-electron chi connectivity index (χ3n) is 1.86. The molecule has 0 heterocycles. The van der Waals surface area contributed by atoms with Gasteiger partial charge in [0.05, 0.1) is 11.0 Å². The number of non-ortho nitro benzene ring substituents is 1. The summed E-state index contributed by atoms with van der Waals surface area (Å²) in [5.74, 6) is 0.255. The Kier molecular flexibility index (Phi) is 4.42. The van der Waals surface area contributed by atoms with Crippen LogP contribution >= 0.6 is 15.9 Å². The first-order valence-electron chi connectivity index (χ1n) is 4.62. The van der Waals surface area contributed by atoms with Crippen LogP contribution in [0.5, 0.6) is 5.75 Å². The summed E-state index contributed by atoms with van der Waals surface area (Å²) in [5, 5.41) is 10.6. The third kappa shape index (κ3) is 3.62. The minimum absolute atomic E-state index is 0.0531. The number of ether oxygens (including phenoxy) is 1. The van der Waals surface area contributed by atoms with E-state index in [1.807, 2.05) is 0 Å². The summed E-state index contributed by atoms with van der Waals surface area (Å²) < 4.78 is 5.69. The maximum absolute atomic E-state index is 11.0. The van der Waals surface area contributed by atoms with E-state index in [0.29, 0.717) is 16.6 Å². The van der Waals surface area contributed by atoms with E-state index in [0.717, 1.165) is 0 Å². The first-order chi connectivity index (χ1) is 7.52. The molecule has 0 aliphatic heterocycles. The zero-order valence-electron chi connectivity index (χ0n) is 8.60. The number of nitrogens with zero attached hydrogens (tertiary/aromatic N) is 1. The molecule has 0 radical (unpaired) electrons. The van der Waals surface area contributed by atoms with Crippen molar-refractivity contribution >= 4 is 27.4 Å². The van der Waals surface area contributed by atoms with E-state index >= 15 is 0 Å². The van der Waals surface area contributed by atoms with E-state index in [1.165, 1.54) is 12.1 Å². The van der Waals surface area contributed by atoms with Crippen molar-refractivity contribution in [2.45, 2.75) is 13.3 Å². The minimum atomic E-state index is -0.515. The number of hydrogen-bond acceptors (Lipinski definition) is 4. The number of nitro benzene ring substituents is 1. The highest BCUT2D eigenvalue weighted by atomic mass is 79.9. The van der Waals surface area contributed by atoms with Crippen LogP contribution in [0.1, 0.15) is 13.3 Å². The minimum Gasteiger partial charge on any atom is -0.486 e. The summed E-state index contributed by atoms with van der Waals surface area (Å²) in [7, 11) is 0. The molecule has 0 atom stereocenters. The maximum atomic E-state index is 11.0. The molecule has 0 saturated heterocycles. The van der Waals surface area contributed by atoms with Gasteiger partial charge in [0.15, 0.2) is 5.78 Å². The van der Waals surface area contributed by atoms with Crippen molar-refractivity contribution in [2.24, 2.45) is 0 Å². The van der Waals surface area contributed by atoms with Gasteiger partial charge < -0.3 is 4.74 Å². The number of carbonyl (C=O) groups excluding carboxylic acids is 1. The molecule has 1 aromatic carbocycles. The summed E-state index contributed by atoms with van der Waals surface area (Å²) >= 11 is 3.14. The number of benzene rings is 1. The van der Waals surface area contributed by atoms with Gasteiger partial charge in [-0.3, -0.25) is 14.9 Å². The zero-order valence-corrected chi connectivity index (χ0v) is 10.2. The molecule has 0 fully saturated rings. The molecule has 86 valence electrons. The molecule has 0 aliphatic rings. The van der Waals surface area contributed by atoms with Gasteiger partial charge in [-0.15, -0.1) is 0 Å². The Labute approximate surface area is 101 Å². The van der Waals surface area contributed by atoms with Crippen LogP contribution in [0.3, 0.4) is 0 Å². The van der Waals surface area contributed by atoms with Crippen LogP contribution in [-0.2, 0) is 4.79 Å². The number of Topliss-reactive ketones (excluding diaryl/α,β-unsaturated/α-hetero) is 1. The van der Waals surface area contributed by atoms with Crippen LogP contribution in [-0.4, -0.2) is 17.3 Å². The predicted molar refractivity (Wildman–Crippen MR) is 61.6 cm³/mol. The van der Waals surface area contributed by atoms with Crippen LogP contribution in [0.2, 0.25) is 0 Å². The summed E-state index contributed by atoms with van der Waals surface area (Å²) in [6.45, 7) is 1.67. The van der Waals surface area contributed by atoms with Gasteiger partial charge in [-0.05, 0) is 6.07 Å². The molecule has 1 rings (SSSR count). The fraction of sp³-hybridized carbons (Fsp3) is 0.300. The Hall–Kier alpha value is -1.43. The van der Waals surface area contributed by atoms with E-state index in [9.17, 15) is 14.9 Å². The molecule has 5 nitrogen and oxygen atoms in total. The van der Waals surface area contributed by atoms with Crippen LogP contribution in [0.25, 0.3) is 0 Å². The van der Waals surface area contributed by atoms with E-state index in [1.54, 1.807) is 13.0 Å². The second kappa shape index (κ2) is 5.60. The lowest BCUT2D eigenvalue weighted by Crippen LogP contribution is -2.09. The Morgan fingerprint density at radius 1 is 1.50 bits per heavy atom. The first kappa shape index (κ1) is 12.6.